The topological polar surface area (TPSA) is 42.6 Å². The molecule has 0 bridgehead atoms. The van der Waals surface area contributed by atoms with E-state index in [1.165, 1.54) is 87.9 Å². The third-order valence-corrected chi connectivity index (χ3v) is 22.4. The fourth-order valence-electron chi connectivity index (χ4n) is 17.5. The van der Waals surface area contributed by atoms with Crippen molar-refractivity contribution in [3.63, 3.8) is 0 Å². The molecule has 482 valence electrons. The number of anilines is 6. The van der Waals surface area contributed by atoms with E-state index in [2.05, 4.69) is 350 Å². The lowest BCUT2D eigenvalue weighted by molar-refractivity contribution is 0.631. The Kier molecular flexibility index (Phi) is 12.4. The minimum Gasteiger partial charge on any atom is -0.456 e. The fourth-order valence-corrected chi connectivity index (χ4v) is 17.5. The van der Waals surface area contributed by atoms with Crippen molar-refractivity contribution >= 4 is 121 Å². The van der Waals surface area contributed by atoms with Gasteiger partial charge in [0.2, 0.25) is 0 Å². The molecule has 19 aromatic rings. The van der Waals surface area contributed by atoms with Crippen molar-refractivity contribution in [1.29, 1.82) is 0 Å². The van der Waals surface area contributed by atoms with Gasteiger partial charge in [-0.1, -0.05) is 198 Å². The molecule has 2 aliphatic carbocycles. The van der Waals surface area contributed by atoms with Crippen molar-refractivity contribution in [2.45, 2.75) is 38.5 Å². The summed E-state index contributed by atoms with van der Waals surface area (Å²) in [6.45, 7) is 9.56. The van der Waals surface area contributed by atoms with Gasteiger partial charge in [-0.3, -0.25) is 0 Å². The summed E-state index contributed by atoms with van der Waals surface area (Å²) in [5.74, 6) is 1.70. The van der Waals surface area contributed by atoms with Gasteiger partial charge in [-0.25, -0.2) is 0 Å². The molecule has 0 spiro atoms. The molecule has 0 N–H and O–H groups in total. The molecule has 2 aliphatic rings. The Morgan fingerprint density at radius 2 is 0.618 bits per heavy atom. The molecule has 0 saturated carbocycles. The smallest absolute Gasteiger partial charge is 0.135 e. The van der Waals surface area contributed by atoms with Crippen LogP contribution in [-0.4, -0.2) is 9.13 Å². The average Bonchev–Trinajstić information content (AvgIpc) is 1.54. The molecule has 21 rings (SSSR count). The number of aromatic nitrogens is 2. The number of para-hydroxylation sites is 4. The van der Waals surface area contributed by atoms with Gasteiger partial charge in [-0.05, 0) is 213 Å². The van der Waals surface area contributed by atoms with Gasteiger partial charge < -0.3 is 27.8 Å². The van der Waals surface area contributed by atoms with Crippen LogP contribution < -0.4 is 9.80 Å². The largest absolute Gasteiger partial charge is 0.456 e. The van der Waals surface area contributed by atoms with Crippen LogP contribution in [0, 0.1) is 0 Å². The van der Waals surface area contributed by atoms with Gasteiger partial charge in [-0.2, -0.15) is 0 Å². The van der Waals surface area contributed by atoms with Crippen molar-refractivity contribution in [2.24, 2.45) is 0 Å². The van der Waals surface area contributed by atoms with E-state index in [1.807, 2.05) is 24.3 Å². The summed E-state index contributed by atoms with van der Waals surface area (Å²) in [5, 5.41) is 11.6. The summed E-state index contributed by atoms with van der Waals surface area (Å²) in [6.07, 6.45) is 0. The standard InChI is InChI=1S/C96H66N4O2/c1-95(2)83-27-15-13-25-75(83)77-49-43-71(55-85(77)95)99-87-57-82-80-46-36-62-52-70(98(66-23-9-6-10-24-66)68-39-33-60(34-40-68)92-54-64-20-12-18-30-90(64)102-92)42-48-74(62)94(80)100(72-44-50-78-76-26-14-16-28-84(76)96(3,4)86(78)56-72)88(82)58-81(87)79-45-35-61-51-69(41-47-73(61)93(79)99)97(65-21-7-5-8-22-65)67-37-31-59(32-38-67)91-53-63-19-11-17-29-89(63)101-91/h5-58H,1-4H3. The van der Waals surface area contributed by atoms with Crippen LogP contribution >= 0.6 is 0 Å². The van der Waals surface area contributed by atoms with E-state index in [0.717, 1.165) is 112 Å². The Bertz CT molecular complexity index is 6210. The van der Waals surface area contributed by atoms with Crippen LogP contribution in [-0.2, 0) is 10.8 Å². The molecule has 0 atom stereocenters. The van der Waals surface area contributed by atoms with Gasteiger partial charge in [0.05, 0.1) is 22.1 Å². The molecule has 0 fully saturated rings. The van der Waals surface area contributed by atoms with E-state index >= 15 is 0 Å². The van der Waals surface area contributed by atoms with E-state index in [0.29, 0.717) is 0 Å². The van der Waals surface area contributed by atoms with Crippen molar-refractivity contribution in [1.82, 2.24) is 9.13 Å². The van der Waals surface area contributed by atoms with Gasteiger partial charge in [0.25, 0.3) is 0 Å². The second-order valence-electron chi connectivity index (χ2n) is 28.8. The first kappa shape index (κ1) is 58.1. The van der Waals surface area contributed by atoms with Crippen molar-refractivity contribution in [3.05, 3.63) is 350 Å². The maximum atomic E-state index is 6.36. The maximum absolute atomic E-state index is 6.36. The van der Waals surface area contributed by atoms with Gasteiger partial charge in [0.15, 0.2) is 0 Å². The van der Waals surface area contributed by atoms with Gasteiger partial charge in [0.1, 0.15) is 22.7 Å². The first-order chi connectivity index (χ1) is 50.1. The van der Waals surface area contributed by atoms with Crippen LogP contribution in [0.2, 0.25) is 0 Å². The zero-order valence-electron chi connectivity index (χ0n) is 56.8. The summed E-state index contributed by atoms with van der Waals surface area (Å²) < 4.78 is 17.9. The summed E-state index contributed by atoms with van der Waals surface area (Å²) in [7, 11) is 0. The van der Waals surface area contributed by atoms with Crippen LogP contribution in [0.5, 0.6) is 0 Å². The van der Waals surface area contributed by atoms with E-state index in [4.69, 9.17) is 8.83 Å². The molecule has 102 heavy (non-hydrogen) atoms. The first-order valence-electron chi connectivity index (χ1n) is 35.4. The van der Waals surface area contributed by atoms with Gasteiger partial charge >= 0.3 is 0 Å². The predicted octanol–water partition coefficient (Wildman–Crippen LogP) is 26.6. The number of furan rings is 2. The van der Waals surface area contributed by atoms with Crippen LogP contribution in [0.1, 0.15) is 49.9 Å². The molecule has 4 aromatic heterocycles. The average molecular weight is 1310 g/mol. The molecular weight excluding hydrogens is 1240 g/mol. The van der Waals surface area contributed by atoms with Crippen molar-refractivity contribution in [2.75, 3.05) is 9.80 Å². The Morgan fingerprint density at radius 3 is 1.05 bits per heavy atom. The van der Waals surface area contributed by atoms with Crippen LogP contribution in [0.15, 0.2) is 336 Å². The number of hydrogen-bond acceptors (Lipinski definition) is 4. The van der Waals surface area contributed by atoms with Crippen LogP contribution in [0.25, 0.3) is 143 Å². The van der Waals surface area contributed by atoms with E-state index in [1.54, 1.807) is 0 Å². The van der Waals surface area contributed by atoms with Crippen LogP contribution in [0.3, 0.4) is 0 Å². The normalized spacial score (nSPS) is 13.5. The lowest BCUT2D eigenvalue weighted by atomic mass is 9.82. The quantitative estimate of drug-likeness (QED) is 0.137. The molecule has 0 saturated heterocycles. The molecular formula is C96H66N4O2. The van der Waals surface area contributed by atoms with E-state index < -0.39 is 0 Å². The number of fused-ring (bicyclic) bond motifs is 18. The van der Waals surface area contributed by atoms with E-state index in [-0.39, 0.29) is 10.8 Å². The highest BCUT2D eigenvalue weighted by molar-refractivity contribution is 6.26. The molecule has 6 nitrogen and oxygen atoms in total. The molecule has 4 heterocycles. The molecule has 15 aromatic carbocycles. The Morgan fingerprint density at radius 1 is 0.255 bits per heavy atom. The Hall–Kier alpha value is -12.9. The Labute approximate surface area is 590 Å². The summed E-state index contributed by atoms with van der Waals surface area (Å²) in [5.41, 5.74) is 27.3. The molecule has 0 radical (unpaired) electrons. The maximum Gasteiger partial charge on any atom is 0.135 e. The van der Waals surface area contributed by atoms with Crippen molar-refractivity contribution in [3.8, 4) is 56.3 Å². The lowest BCUT2D eigenvalue weighted by Crippen LogP contribution is -2.15. The third-order valence-electron chi connectivity index (χ3n) is 22.4. The predicted molar refractivity (Wildman–Crippen MR) is 425 cm³/mol. The van der Waals surface area contributed by atoms with E-state index in [9.17, 15) is 0 Å². The molecule has 0 aliphatic heterocycles. The lowest BCUT2D eigenvalue weighted by Gasteiger charge is -2.26. The second kappa shape index (κ2) is 21.8. The minimum atomic E-state index is -0.213. The number of nitrogens with zero attached hydrogens (tertiary/aromatic N) is 4. The Balaban J connectivity index is 0.780. The van der Waals surface area contributed by atoms with Gasteiger partial charge in [-0.15, -0.1) is 0 Å². The zero-order valence-corrected chi connectivity index (χ0v) is 56.8. The third kappa shape index (κ3) is 8.66. The summed E-state index contributed by atoms with van der Waals surface area (Å²) in [6, 6.07) is 121. The molecule has 6 heteroatoms. The SMILES string of the molecule is CC1(C)c2ccccc2-c2ccc(-n3c4cc5c6ccc7cc(N(c8ccccc8)c8ccc(-c9cc%10ccccc%10o9)cc8)ccc7c6n(-c6ccc7c(c6)C(C)(C)c6ccccc6-7)c5cc4c4ccc5cc(N(c6ccccc6)c6ccc(-c7cc8ccccc8o7)cc6)ccc5c43)cc21. The first-order valence-corrected chi connectivity index (χ1v) is 35.4. The number of rotatable bonds is 10. The molecule has 0 amide bonds. The summed E-state index contributed by atoms with van der Waals surface area (Å²) in [4.78, 5) is 4.73. The summed E-state index contributed by atoms with van der Waals surface area (Å²) >= 11 is 0. The second-order valence-corrected chi connectivity index (χ2v) is 28.8. The zero-order chi connectivity index (χ0) is 67.7. The monoisotopic (exact) mass is 1310 g/mol. The molecule has 0 unspecified atom stereocenters. The van der Waals surface area contributed by atoms with Crippen molar-refractivity contribution < 1.29 is 8.83 Å². The number of hydrogen-bond donors (Lipinski definition) is 0. The highest BCUT2D eigenvalue weighted by Gasteiger charge is 2.38. The highest BCUT2D eigenvalue weighted by Crippen LogP contribution is 2.53. The van der Waals surface area contributed by atoms with Gasteiger partial charge in [0, 0.05) is 111 Å². The minimum absolute atomic E-state index is 0.213. The fraction of sp³-hybridized carbons (Fsp3) is 0.0625. The van der Waals surface area contributed by atoms with Crippen LogP contribution in [0.4, 0.5) is 34.1 Å². The number of benzene rings is 15. The highest BCUT2D eigenvalue weighted by atomic mass is 16.3.